The van der Waals surface area contributed by atoms with Crippen LogP contribution in [0.2, 0.25) is 0 Å². The molecule has 0 bridgehead atoms. The predicted octanol–water partition coefficient (Wildman–Crippen LogP) is 0.806. The van der Waals surface area contributed by atoms with Crippen LogP contribution in [0.15, 0.2) is 43.0 Å². The maximum absolute atomic E-state index is 11.6. The number of aliphatic carboxylic acids is 2. The van der Waals surface area contributed by atoms with E-state index in [0.29, 0.717) is 0 Å². The predicted molar refractivity (Wildman–Crippen MR) is 75.2 cm³/mol. The van der Waals surface area contributed by atoms with E-state index in [9.17, 15) is 23.1 Å². The molecule has 8 nitrogen and oxygen atoms in total. The van der Waals surface area contributed by atoms with E-state index in [2.05, 4.69) is 6.58 Å². The Bertz CT molecular complexity index is 667. The van der Waals surface area contributed by atoms with Crippen LogP contribution in [-0.4, -0.2) is 46.0 Å². The van der Waals surface area contributed by atoms with Gasteiger partial charge in [-0.05, 0) is 12.1 Å². The number of carboxylic acids is 2. The zero-order valence-corrected chi connectivity index (χ0v) is 12.1. The van der Waals surface area contributed by atoms with E-state index in [0.717, 1.165) is 6.08 Å². The van der Waals surface area contributed by atoms with E-state index >= 15 is 0 Å². The summed E-state index contributed by atoms with van der Waals surface area (Å²) in [4.78, 5) is 22.8. The third kappa shape index (κ3) is 3.62. The molecule has 0 aromatic heterocycles. The van der Waals surface area contributed by atoms with Crippen LogP contribution in [0, 0.1) is 0 Å². The molecular formula is C13H14O8S. The van der Waals surface area contributed by atoms with Crippen LogP contribution in [0.1, 0.15) is 6.42 Å². The maximum atomic E-state index is 11.6. The lowest BCUT2D eigenvalue weighted by molar-refractivity contribution is -0.161. The van der Waals surface area contributed by atoms with Crippen molar-refractivity contribution in [2.24, 2.45) is 0 Å². The monoisotopic (exact) mass is 330 g/mol. The number of carbonyl (C=O) groups is 2. The van der Waals surface area contributed by atoms with E-state index < -0.39 is 39.3 Å². The number of carboxylic acid groups (broad SMARTS) is 2. The summed E-state index contributed by atoms with van der Waals surface area (Å²) in [6.07, 6.45) is 0.339. The Balaban J connectivity index is 3.53. The van der Waals surface area contributed by atoms with E-state index in [-0.39, 0.29) is 5.75 Å². The minimum atomic E-state index is -5.26. The first-order chi connectivity index (χ1) is 10.1. The molecule has 0 aliphatic rings. The van der Waals surface area contributed by atoms with E-state index in [1.165, 1.54) is 24.3 Å². The molecule has 22 heavy (non-hydrogen) atoms. The van der Waals surface area contributed by atoms with Gasteiger partial charge in [-0.15, -0.1) is 6.58 Å². The molecule has 3 N–H and O–H groups in total. The molecule has 0 aliphatic heterocycles. The maximum Gasteiger partial charge on any atom is 0.350 e. The quantitative estimate of drug-likeness (QED) is 0.470. The zero-order valence-electron chi connectivity index (χ0n) is 11.2. The molecule has 1 rings (SSSR count). The van der Waals surface area contributed by atoms with Gasteiger partial charge in [-0.3, -0.25) is 9.35 Å². The highest BCUT2D eigenvalue weighted by Crippen LogP contribution is 2.30. The number of hydrogen-bond donors (Lipinski definition) is 3. The van der Waals surface area contributed by atoms with Crippen LogP contribution in [0.4, 0.5) is 0 Å². The van der Waals surface area contributed by atoms with Crippen LogP contribution in [0.25, 0.3) is 0 Å². The summed E-state index contributed by atoms with van der Waals surface area (Å²) in [6.45, 7) is 3.28. The molecule has 0 heterocycles. The first kappa shape index (κ1) is 17.7. The van der Waals surface area contributed by atoms with Crippen molar-refractivity contribution in [1.82, 2.24) is 0 Å². The molecule has 0 saturated carbocycles. The average molecular weight is 330 g/mol. The fourth-order valence-corrected chi connectivity index (χ4v) is 2.91. The summed E-state index contributed by atoms with van der Waals surface area (Å²) >= 11 is 0. The highest BCUT2D eigenvalue weighted by molar-refractivity contribution is 7.87. The van der Waals surface area contributed by atoms with E-state index in [4.69, 9.17) is 14.4 Å². The Hall–Kier alpha value is -2.39. The average Bonchev–Trinajstić information content (AvgIpc) is 2.37. The Kier molecular flexibility index (Phi) is 5.28. The van der Waals surface area contributed by atoms with Gasteiger partial charge in [0.1, 0.15) is 5.75 Å². The van der Waals surface area contributed by atoms with Crippen molar-refractivity contribution in [3.63, 3.8) is 0 Å². The van der Waals surface area contributed by atoms with Gasteiger partial charge in [0, 0.05) is 6.42 Å². The second kappa shape index (κ2) is 6.58. The number of ether oxygens (including phenoxy) is 1. The standard InChI is InChI=1S/C13H14O8S/c1-2-8-13(12(16)17,10(11(14)15)22(18,19)20)21-9-6-4-3-5-7-9/h2-7,10H,1,8H2,(H,14,15)(H,16,17)(H,18,19,20). The van der Waals surface area contributed by atoms with Gasteiger partial charge in [-0.1, -0.05) is 24.3 Å². The Labute approximate surface area is 126 Å². The highest BCUT2D eigenvalue weighted by atomic mass is 32.2. The van der Waals surface area contributed by atoms with Crippen LogP contribution in [0.5, 0.6) is 5.75 Å². The van der Waals surface area contributed by atoms with Gasteiger partial charge >= 0.3 is 11.9 Å². The number of para-hydroxylation sites is 1. The fraction of sp³-hybridized carbons (Fsp3) is 0.231. The Morgan fingerprint density at radius 3 is 2.18 bits per heavy atom. The first-order valence-electron chi connectivity index (χ1n) is 5.92. The summed E-state index contributed by atoms with van der Waals surface area (Å²) in [7, 11) is -5.26. The van der Waals surface area contributed by atoms with Crippen molar-refractivity contribution >= 4 is 22.1 Å². The second-order valence-corrected chi connectivity index (χ2v) is 5.84. The summed E-state index contributed by atoms with van der Waals surface area (Å²) < 4.78 is 37.1. The topological polar surface area (TPSA) is 138 Å². The lowest BCUT2D eigenvalue weighted by Gasteiger charge is -2.32. The summed E-state index contributed by atoms with van der Waals surface area (Å²) in [5.74, 6) is -3.98. The van der Waals surface area contributed by atoms with Crippen molar-refractivity contribution in [3.8, 4) is 5.75 Å². The van der Waals surface area contributed by atoms with Crippen molar-refractivity contribution in [2.45, 2.75) is 17.3 Å². The molecule has 0 saturated heterocycles. The third-order valence-electron chi connectivity index (χ3n) is 2.80. The molecule has 2 atom stereocenters. The van der Waals surface area contributed by atoms with Crippen LogP contribution in [0.3, 0.4) is 0 Å². The lowest BCUT2D eigenvalue weighted by Crippen LogP contribution is -2.60. The first-order valence-corrected chi connectivity index (χ1v) is 7.43. The summed E-state index contributed by atoms with van der Waals surface area (Å²) in [5, 5.41) is 15.7. The smallest absolute Gasteiger partial charge is 0.350 e. The van der Waals surface area contributed by atoms with Crippen LogP contribution < -0.4 is 4.74 Å². The normalized spacial score (nSPS) is 15.3. The summed E-state index contributed by atoms with van der Waals surface area (Å²) in [5.41, 5.74) is -2.76. The highest BCUT2D eigenvalue weighted by Gasteiger charge is 2.58. The van der Waals surface area contributed by atoms with E-state index in [1.807, 2.05) is 0 Å². The molecular weight excluding hydrogens is 316 g/mol. The van der Waals surface area contributed by atoms with Gasteiger partial charge in [0.2, 0.25) is 10.9 Å². The van der Waals surface area contributed by atoms with Gasteiger partial charge in [-0.2, -0.15) is 8.42 Å². The van der Waals surface area contributed by atoms with Crippen LogP contribution >= 0.6 is 0 Å². The molecule has 0 amide bonds. The molecule has 2 unspecified atom stereocenters. The van der Waals surface area contributed by atoms with Crippen molar-refractivity contribution in [3.05, 3.63) is 43.0 Å². The molecule has 0 spiro atoms. The number of rotatable bonds is 8. The van der Waals surface area contributed by atoms with E-state index in [1.54, 1.807) is 6.07 Å². The van der Waals surface area contributed by atoms with Gasteiger partial charge < -0.3 is 14.9 Å². The van der Waals surface area contributed by atoms with Gasteiger partial charge in [0.15, 0.2) is 0 Å². The van der Waals surface area contributed by atoms with Crippen LogP contribution in [-0.2, 0) is 19.7 Å². The van der Waals surface area contributed by atoms with Gasteiger partial charge in [0.05, 0.1) is 0 Å². The molecule has 120 valence electrons. The number of hydrogen-bond acceptors (Lipinski definition) is 5. The molecule has 0 aliphatic carbocycles. The second-order valence-electron chi connectivity index (χ2n) is 4.34. The zero-order chi connectivity index (χ0) is 17.0. The molecule has 0 radical (unpaired) electrons. The summed E-state index contributed by atoms with van der Waals surface area (Å²) in [6, 6.07) is 7.21. The van der Waals surface area contributed by atoms with Gasteiger partial charge in [0.25, 0.3) is 10.1 Å². The molecule has 0 fully saturated rings. The SMILES string of the molecule is C=CCC(Oc1ccccc1)(C(=O)O)C(C(=O)O)S(=O)(=O)O. The van der Waals surface area contributed by atoms with Gasteiger partial charge in [-0.25, -0.2) is 4.79 Å². The fourth-order valence-electron chi connectivity index (χ4n) is 1.93. The largest absolute Gasteiger partial charge is 0.480 e. The molecule has 1 aromatic carbocycles. The number of benzene rings is 1. The van der Waals surface area contributed by atoms with Crippen molar-refractivity contribution < 1.29 is 37.5 Å². The van der Waals surface area contributed by atoms with Crippen molar-refractivity contribution in [2.75, 3.05) is 0 Å². The minimum Gasteiger partial charge on any atom is -0.480 e. The lowest BCUT2D eigenvalue weighted by atomic mass is 9.94. The van der Waals surface area contributed by atoms with Crippen molar-refractivity contribution in [1.29, 1.82) is 0 Å². The Morgan fingerprint density at radius 2 is 1.82 bits per heavy atom. The third-order valence-corrected chi connectivity index (χ3v) is 3.98. The Morgan fingerprint density at radius 1 is 1.27 bits per heavy atom. The minimum absolute atomic E-state index is 0.0679. The molecule has 9 heteroatoms. The molecule has 1 aromatic rings.